The van der Waals surface area contributed by atoms with Crippen LogP contribution in [0, 0.1) is 0 Å². The van der Waals surface area contributed by atoms with E-state index >= 15 is 0 Å². The molecule has 84 valence electrons. The number of H-pyrrole nitrogens is 1. The molecule has 0 radical (unpaired) electrons. The first kappa shape index (κ1) is 11.0. The minimum Gasteiger partial charge on any atom is -0.367 e. The summed E-state index contributed by atoms with van der Waals surface area (Å²) >= 11 is 4.09. The molecule has 0 spiro atoms. The largest absolute Gasteiger partial charge is 0.367 e. The van der Waals surface area contributed by atoms with E-state index in [2.05, 4.69) is 28.1 Å². The predicted molar refractivity (Wildman–Crippen MR) is 62.4 cm³/mol. The molecule has 1 heterocycles. The van der Waals surface area contributed by atoms with Gasteiger partial charge in [-0.25, -0.2) is 9.78 Å². The Balaban J connectivity index is 2.28. The number of rotatable bonds is 3. The summed E-state index contributed by atoms with van der Waals surface area (Å²) in [6.45, 7) is 2.41. The Morgan fingerprint density at radius 1 is 1.62 bits per heavy atom. The van der Waals surface area contributed by atoms with E-state index in [1.165, 1.54) is 0 Å². The number of imidazole rings is 1. The van der Waals surface area contributed by atoms with Crippen molar-refractivity contribution in [2.75, 3.05) is 6.54 Å². The van der Waals surface area contributed by atoms with E-state index in [-0.39, 0.29) is 0 Å². The topological polar surface area (TPSA) is 67.0 Å². The lowest BCUT2D eigenvalue weighted by molar-refractivity contribution is 0.0266. The van der Waals surface area contributed by atoms with Crippen molar-refractivity contribution in [1.82, 2.24) is 15.4 Å². The number of hydrogen-bond acceptors (Lipinski definition) is 5. The van der Waals surface area contributed by atoms with Gasteiger partial charge >= 0.3 is 5.97 Å². The second kappa shape index (κ2) is 4.54. The van der Waals surface area contributed by atoms with Gasteiger partial charge in [-0.1, -0.05) is 0 Å². The maximum Gasteiger partial charge on any atom is 0.356 e. The number of thiol groups is 1. The van der Waals surface area contributed by atoms with Gasteiger partial charge in [0.05, 0.1) is 16.6 Å². The first-order valence-electron chi connectivity index (χ1n) is 4.83. The Hall–Kier alpha value is -1.53. The summed E-state index contributed by atoms with van der Waals surface area (Å²) in [6, 6.07) is 5.10. The summed E-state index contributed by atoms with van der Waals surface area (Å²) in [5, 5.41) is 0.521. The molecule has 2 aromatic rings. The summed E-state index contributed by atoms with van der Waals surface area (Å²) in [5.74, 6) is -0.424. The van der Waals surface area contributed by atoms with Crippen LogP contribution < -0.4 is 5.48 Å². The van der Waals surface area contributed by atoms with Crippen LogP contribution in [0.15, 0.2) is 23.4 Å². The van der Waals surface area contributed by atoms with Gasteiger partial charge in [0, 0.05) is 6.54 Å². The van der Waals surface area contributed by atoms with Crippen LogP contribution in [0.2, 0.25) is 0 Å². The minimum atomic E-state index is -0.424. The van der Waals surface area contributed by atoms with Gasteiger partial charge in [-0.3, -0.25) is 0 Å². The van der Waals surface area contributed by atoms with Gasteiger partial charge in [0.15, 0.2) is 5.16 Å². The average molecular weight is 237 g/mol. The van der Waals surface area contributed by atoms with Crippen LogP contribution in [0.1, 0.15) is 17.3 Å². The van der Waals surface area contributed by atoms with Gasteiger partial charge in [0.2, 0.25) is 0 Å². The highest BCUT2D eigenvalue weighted by Gasteiger charge is 2.09. The number of aromatic nitrogens is 2. The summed E-state index contributed by atoms with van der Waals surface area (Å²) in [7, 11) is 0. The molecule has 5 nitrogen and oxygen atoms in total. The molecule has 6 heteroatoms. The second-order valence-corrected chi connectivity index (χ2v) is 3.60. The highest BCUT2D eigenvalue weighted by atomic mass is 32.1. The number of hydrogen-bond donors (Lipinski definition) is 3. The fraction of sp³-hybridized carbons (Fsp3) is 0.200. The monoisotopic (exact) mass is 237 g/mol. The van der Waals surface area contributed by atoms with Crippen LogP contribution in [-0.4, -0.2) is 22.5 Å². The van der Waals surface area contributed by atoms with Crippen LogP contribution in [0.5, 0.6) is 0 Å². The van der Waals surface area contributed by atoms with Crippen LogP contribution in [0.25, 0.3) is 11.0 Å². The number of aromatic amines is 1. The third-order valence-electron chi connectivity index (χ3n) is 2.02. The molecular formula is C10H11N3O2S. The lowest BCUT2D eigenvalue weighted by atomic mass is 10.2. The molecule has 0 aliphatic carbocycles. The summed E-state index contributed by atoms with van der Waals surface area (Å²) in [6.07, 6.45) is 0. The Kier molecular flexibility index (Phi) is 3.12. The highest BCUT2D eigenvalue weighted by Crippen LogP contribution is 2.15. The van der Waals surface area contributed by atoms with Crippen molar-refractivity contribution >= 4 is 29.6 Å². The molecule has 0 atom stereocenters. The van der Waals surface area contributed by atoms with Crippen LogP contribution >= 0.6 is 12.6 Å². The van der Waals surface area contributed by atoms with Gasteiger partial charge in [0.1, 0.15) is 0 Å². The lowest BCUT2D eigenvalue weighted by Crippen LogP contribution is -2.19. The van der Waals surface area contributed by atoms with Crippen LogP contribution in [0.3, 0.4) is 0 Å². The molecule has 0 saturated heterocycles. The first-order valence-corrected chi connectivity index (χ1v) is 5.28. The number of nitrogens with one attached hydrogen (secondary N) is 2. The standard InChI is InChI=1S/C10H11N3O2S/c1-2-11-15-9(14)6-3-4-7-8(5-6)13-10(16)12-7/h3-5,11H,2H2,1H3,(H2,12,13,16). The third-order valence-corrected chi connectivity index (χ3v) is 2.23. The summed E-state index contributed by atoms with van der Waals surface area (Å²) < 4.78 is 0. The molecule has 0 amide bonds. The molecule has 0 fully saturated rings. The van der Waals surface area contributed by atoms with E-state index in [9.17, 15) is 4.79 Å². The van der Waals surface area contributed by atoms with Gasteiger partial charge in [-0.05, 0) is 25.1 Å². The summed E-state index contributed by atoms with van der Waals surface area (Å²) in [5.41, 5.74) is 4.49. The van der Waals surface area contributed by atoms with Crippen molar-refractivity contribution in [1.29, 1.82) is 0 Å². The van der Waals surface area contributed by atoms with Gasteiger partial charge in [-0.2, -0.15) is 5.48 Å². The van der Waals surface area contributed by atoms with Crippen molar-refractivity contribution in [3.05, 3.63) is 23.8 Å². The molecule has 1 aromatic heterocycles. The van der Waals surface area contributed by atoms with Crippen LogP contribution in [-0.2, 0) is 4.84 Å². The van der Waals surface area contributed by atoms with E-state index in [1.807, 2.05) is 6.92 Å². The maximum absolute atomic E-state index is 11.5. The Morgan fingerprint density at radius 3 is 3.19 bits per heavy atom. The molecule has 0 aliphatic rings. The third kappa shape index (κ3) is 2.17. The van der Waals surface area contributed by atoms with Crippen molar-refractivity contribution in [2.24, 2.45) is 0 Å². The highest BCUT2D eigenvalue weighted by molar-refractivity contribution is 7.80. The second-order valence-electron chi connectivity index (χ2n) is 3.18. The Bertz CT molecular complexity index is 524. The van der Waals surface area contributed by atoms with E-state index in [0.29, 0.717) is 22.8 Å². The molecule has 2 rings (SSSR count). The van der Waals surface area contributed by atoms with Crippen molar-refractivity contribution in [2.45, 2.75) is 12.1 Å². The van der Waals surface area contributed by atoms with Gasteiger partial charge in [0.25, 0.3) is 0 Å². The summed E-state index contributed by atoms with van der Waals surface area (Å²) in [4.78, 5) is 23.4. The van der Waals surface area contributed by atoms with Gasteiger partial charge in [-0.15, -0.1) is 12.6 Å². The number of nitrogens with zero attached hydrogens (tertiary/aromatic N) is 1. The fourth-order valence-electron chi connectivity index (χ4n) is 1.32. The zero-order chi connectivity index (χ0) is 11.5. The number of hydroxylamine groups is 1. The molecule has 16 heavy (non-hydrogen) atoms. The molecule has 1 aromatic carbocycles. The van der Waals surface area contributed by atoms with Crippen molar-refractivity contribution in [3.63, 3.8) is 0 Å². The number of fused-ring (bicyclic) bond motifs is 1. The maximum atomic E-state index is 11.5. The zero-order valence-corrected chi connectivity index (χ0v) is 9.54. The van der Waals surface area contributed by atoms with Crippen LogP contribution in [0.4, 0.5) is 0 Å². The molecule has 2 N–H and O–H groups in total. The Labute approximate surface area is 97.6 Å². The SMILES string of the molecule is CCNOC(=O)c1ccc2[nH]c(S)nc2c1. The molecule has 0 unspecified atom stereocenters. The van der Waals surface area contributed by atoms with Crippen molar-refractivity contribution in [3.8, 4) is 0 Å². The smallest absolute Gasteiger partial charge is 0.356 e. The zero-order valence-electron chi connectivity index (χ0n) is 8.65. The van der Waals surface area contributed by atoms with E-state index < -0.39 is 5.97 Å². The number of carbonyl (C=O) groups is 1. The van der Waals surface area contributed by atoms with E-state index in [1.54, 1.807) is 18.2 Å². The predicted octanol–water partition coefficient (Wildman–Crippen LogP) is 1.53. The average Bonchev–Trinajstić information content (AvgIpc) is 2.64. The Morgan fingerprint density at radius 2 is 2.44 bits per heavy atom. The normalized spacial score (nSPS) is 10.6. The number of carbonyl (C=O) groups excluding carboxylic acids is 1. The van der Waals surface area contributed by atoms with Crippen molar-refractivity contribution < 1.29 is 9.63 Å². The fourth-order valence-corrected chi connectivity index (χ4v) is 1.54. The van der Waals surface area contributed by atoms with E-state index in [0.717, 1.165) is 5.52 Å². The lowest BCUT2D eigenvalue weighted by Gasteiger charge is -2.02. The molecule has 0 aliphatic heterocycles. The molecule has 0 saturated carbocycles. The quantitative estimate of drug-likeness (QED) is 0.559. The first-order chi connectivity index (χ1) is 7.70. The minimum absolute atomic E-state index is 0.424. The number of benzene rings is 1. The van der Waals surface area contributed by atoms with E-state index in [4.69, 9.17) is 4.84 Å². The molecular weight excluding hydrogens is 226 g/mol. The molecule has 0 bridgehead atoms. The van der Waals surface area contributed by atoms with Gasteiger partial charge < -0.3 is 9.82 Å².